The fourth-order valence-electron chi connectivity index (χ4n) is 13.9. The van der Waals surface area contributed by atoms with E-state index in [9.17, 15) is 108 Å². The summed E-state index contributed by atoms with van der Waals surface area (Å²) in [4.78, 5) is 240. The Labute approximate surface area is 759 Å². The number of phenols is 1. The minimum atomic E-state index is -1.91. The van der Waals surface area contributed by atoms with E-state index in [1.54, 1.807) is 147 Å². The average molecular weight is 1830 g/mol. The van der Waals surface area contributed by atoms with Crippen molar-refractivity contribution in [1.82, 2.24) is 79.4 Å². The number of fused-ring (bicyclic) bond motifs is 1. The van der Waals surface area contributed by atoms with Crippen molar-refractivity contribution in [2.24, 2.45) is 35.1 Å². The van der Waals surface area contributed by atoms with Crippen LogP contribution >= 0.6 is 0 Å². The number of carboxylic acids is 3. The number of nitrogens with two attached hydrogens (primary N) is 2. The van der Waals surface area contributed by atoms with E-state index in [0.717, 1.165) is 6.92 Å². The molecular weight excluding hydrogens is 1700 g/mol. The number of amides is 14. The van der Waals surface area contributed by atoms with Crippen LogP contribution in [-0.2, 0) is 107 Å². The monoisotopic (exact) mass is 1830 g/mol. The van der Waals surface area contributed by atoms with Gasteiger partial charge in [-0.3, -0.25) is 76.7 Å². The van der Waals surface area contributed by atoms with Gasteiger partial charge in [0.25, 0.3) is 0 Å². The number of aliphatic hydroxyl groups excluding tert-OH is 3. The van der Waals surface area contributed by atoms with Crippen LogP contribution < -0.4 is 85.9 Å². The minimum absolute atomic E-state index is 0.0439. The number of phenolic OH excluding ortho intramolecular Hbond substituents is 1. The van der Waals surface area contributed by atoms with Gasteiger partial charge in [-0.1, -0.05) is 166 Å². The lowest BCUT2D eigenvalue weighted by Gasteiger charge is -2.31. The molecular formula is C90H129N17O24. The molecule has 0 bridgehead atoms. The van der Waals surface area contributed by atoms with Gasteiger partial charge in [0.2, 0.25) is 82.7 Å². The van der Waals surface area contributed by atoms with E-state index in [-0.39, 0.29) is 82.4 Å². The topological polar surface area (TPSA) is 668 Å². The summed E-state index contributed by atoms with van der Waals surface area (Å²) in [6.07, 6.45) is -2.05. The Morgan fingerprint density at radius 2 is 0.748 bits per heavy atom. The van der Waals surface area contributed by atoms with Crippen molar-refractivity contribution in [2.45, 2.75) is 249 Å². The lowest BCUT2D eigenvalue weighted by molar-refractivity contribution is -0.145. The van der Waals surface area contributed by atoms with Crippen molar-refractivity contribution in [3.63, 3.8) is 0 Å². The Kier molecular flexibility index (Phi) is 45.7. The van der Waals surface area contributed by atoms with Gasteiger partial charge >= 0.3 is 17.9 Å². The molecule has 0 saturated carbocycles. The molecule has 14 amide bonds. The number of carbonyl (C=O) groups is 17. The Bertz CT molecular complexity index is 4660. The standard InChI is InChI=1S/C90H129N17O24/c1-10-49(6)73(87(127)94-45-70(112)95-64(42-55-30-32-57(111)33-31-55)80(120)102-69(47-109)86(126)98-66(41-54-25-17-14-18-26-54)84(124)107-76(52(9)110)90(130)131)105-79(119)62(35-37-72(115)116)97-78(118)61(29-21-22-38-91)96-85(125)68(46-108)103-82(122)67(43-56-44-93-60-28-20-19-27-58(56)60)99-81(121)65(40-53-23-15-13-16-24-53)101-89(129)75(51(8)12-3)106-83(123)63(39-48(4)5)100-88(128)74(50(7)11-2)104-77(117)59(92)34-36-71(113)114/h13-20,23-28,30-33,44,48-52,59,61-69,73-76,93,108-111H,10-12,21-22,29,34-43,45-47,91-92H2,1-9H3,(H,94,127)(H,95,112)(H,96,125)(H,97,118)(H,98,126)(H,99,121)(H,100,128)(H,101,129)(H,102,120)(H,103,122)(H,104,117)(H,105,119)(H,106,123)(H,107,124)(H,113,114)(H,115,116)(H,130,131)/t49-,50-,51-,52+,59-,61-,62-,63-,64-,65-,66-,67-,68-,69-,73-,74-,75-,76-/m0/s1. The molecule has 0 aliphatic heterocycles. The number of H-pyrrole nitrogens is 1. The number of hydrogen-bond donors (Lipinski definition) is 24. The van der Waals surface area contributed by atoms with Crippen LogP contribution in [0.4, 0.5) is 0 Å². The normalized spacial score (nSPS) is 15.4. The number of rotatable bonds is 58. The second kappa shape index (κ2) is 55.1. The summed E-state index contributed by atoms with van der Waals surface area (Å²) in [5.74, 6) is -20.5. The highest BCUT2D eigenvalue weighted by molar-refractivity contribution is 6.01. The third kappa shape index (κ3) is 36.1. The van der Waals surface area contributed by atoms with Gasteiger partial charge in [-0.25, -0.2) is 4.79 Å². The maximum Gasteiger partial charge on any atom is 0.328 e. The number of para-hydroxylation sites is 1. The van der Waals surface area contributed by atoms with E-state index in [0.29, 0.717) is 46.0 Å². The fourth-order valence-corrected chi connectivity index (χ4v) is 13.9. The quantitative estimate of drug-likeness (QED) is 0.0195. The molecule has 1 aromatic heterocycles. The summed E-state index contributed by atoms with van der Waals surface area (Å²) < 4.78 is 0. The van der Waals surface area contributed by atoms with Crippen molar-refractivity contribution in [3.05, 3.63) is 138 Å². The second-order valence-electron chi connectivity index (χ2n) is 33.1. The smallest absolute Gasteiger partial charge is 0.328 e. The molecule has 4 aromatic carbocycles. The van der Waals surface area contributed by atoms with E-state index in [2.05, 4.69) is 79.4 Å². The van der Waals surface area contributed by atoms with Gasteiger partial charge in [-0.15, -0.1) is 0 Å². The van der Waals surface area contributed by atoms with Crippen molar-refractivity contribution in [1.29, 1.82) is 0 Å². The average Bonchev–Trinajstić information content (AvgIpc) is 1.66. The highest BCUT2D eigenvalue weighted by Crippen LogP contribution is 2.22. The molecule has 0 radical (unpaired) electrons. The molecule has 26 N–H and O–H groups in total. The van der Waals surface area contributed by atoms with Crippen molar-refractivity contribution < 1.29 is 117 Å². The van der Waals surface area contributed by atoms with Crippen LogP contribution in [0, 0.1) is 23.7 Å². The van der Waals surface area contributed by atoms with Crippen LogP contribution in [0.5, 0.6) is 5.75 Å². The molecule has 18 atom stereocenters. The van der Waals surface area contributed by atoms with Gasteiger partial charge in [0.1, 0.15) is 78.3 Å². The lowest BCUT2D eigenvalue weighted by atomic mass is 9.94. The number of unbranched alkanes of at least 4 members (excludes halogenated alkanes) is 1. The summed E-state index contributed by atoms with van der Waals surface area (Å²) >= 11 is 0. The van der Waals surface area contributed by atoms with E-state index >= 15 is 9.59 Å². The molecule has 5 rings (SSSR count). The Morgan fingerprint density at radius 1 is 0.382 bits per heavy atom. The van der Waals surface area contributed by atoms with Crippen LogP contribution in [0.1, 0.15) is 155 Å². The lowest BCUT2D eigenvalue weighted by Crippen LogP contribution is -2.62. The van der Waals surface area contributed by atoms with Crippen LogP contribution in [-0.4, -0.2) is 258 Å². The summed E-state index contributed by atoms with van der Waals surface area (Å²) in [5.41, 5.74) is 14.3. The molecule has 0 unspecified atom stereocenters. The maximum atomic E-state index is 15.2. The van der Waals surface area contributed by atoms with Gasteiger partial charge in [0.05, 0.1) is 31.9 Å². The number of aliphatic hydroxyl groups is 3. The first-order valence-corrected chi connectivity index (χ1v) is 43.8. The van der Waals surface area contributed by atoms with Crippen molar-refractivity contribution in [2.75, 3.05) is 26.3 Å². The zero-order valence-corrected chi connectivity index (χ0v) is 75.1. The molecule has 0 aliphatic rings. The van der Waals surface area contributed by atoms with Crippen LogP contribution in [0.3, 0.4) is 0 Å². The molecule has 0 aliphatic carbocycles. The zero-order valence-electron chi connectivity index (χ0n) is 75.1. The fraction of sp³-hybridized carbons (Fsp3) is 0.522. The number of benzene rings is 4. The molecule has 41 heteroatoms. The van der Waals surface area contributed by atoms with Gasteiger partial charge in [0.15, 0.2) is 6.04 Å². The Balaban J connectivity index is 1.38. The molecule has 5 aromatic rings. The van der Waals surface area contributed by atoms with E-state index in [1.807, 2.05) is 0 Å². The number of aromatic hydroxyl groups is 1. The van der Waals surface area contributed by atoms with Crippen molar-refractivity contribution in [3.8, 4) is 5.75 Å². The summed E-state index contributed by atoms with van der Waals surface area (Å²) in [6, 6.07) is 6.82. The van der Waals surface area contributed by atoms with Crippen LogP contribution in [0.15, 0.2) is 115 Å². The molecule has 41 nitrogen and oxygen atoms in total. The molecule has 0 fully saturated rings. The predicted octanol–water partition coefficient (Wildman–Crippen LogP) is -1.62. The van der Waals surface area contributed by atoms with Gasteiger partial charge < -0.3 is 127 Å². The number of hydrogen-bond acceptors (Lipinski definition) is 23. The van der Waals surface area contributed by atoms with Crippen LogP contribution in [0.25, 0.3) is 10.9 Å². The van der Waals surface area contributed by atoms with E-state index in [1.165, 1.54) is 24.3 Å². The number of aliphatic carboxylic acids is 3. The third-order valence-electron chi connectivity index (χ3n) is 22.3. The first kappa shape index (κ1) is 109. The zero-order chi connectivity index (χ0) is 97.3. The minimum Gasteiger partial charge on any atom is -0.508 e. The Hall–Kier alpha value is -13.0. The molecule has 1 heterocycles. The summed E-state index contributed by atoms with van der Waals surface area (Å²) in [5, 5.41) is 106. The Morgan fingerprint density at radius 3 is 1.21 bits per heavy atom. The highest BCUT2D eigenvalue weighted by atomic mass is 16.4. The maximum absolute atomic E-state index is 15.2. The number of aromatic amines is 1. The largest absolute Gasteiger partial charge is 0.508 e. The summed E-state index contributed by atoms with van der Waals surface area (Å²) in [7, 11) is 0. The third-order valence-corrected chi connectivity index (χ3v) is 22.3. The van der Waals surface area contributed by atoms with Crippen molar-refractivity contribution >= 4 is 112 Å². The van der Waals surface area contributed by atoms with Gasteiger partial charge in [0, 0.05) is 55.6 Å². The second-order valence-corrected chi connectivity index (χ2v) is 33.1. The molecule has 718 valence electrons. The first-order valence-electron chi connectivity index (χ1n) is 43.8. The van der Waals surface area contributed by atoms with E-state index < -0.39 is 248 Å². The molecule has 131 heavy (non-hydrogen) atoms. The molecule has 0 spiro atoms. The van der Waals surface area contributed by atoms with Gasteiger partial charge in [-0.2, -0.15) is 0 Å². The van der Waals surface area contributed by atoms with Gasteiger partial charge in [-0.05, 0) is 116 Å². The summed E-state index contributed by atoms with van der Waals surface area (Å²) in [6.45, 7) is 11.7. The first-order chi connectivity index (χ1) is 62.1. The predicted molar refractivity (Wildman–Crippen MR) is 478 cm³/mol. The molecule has 0 saturated heterocycles. The number of carboxylic acid groups (broad SMARTS) is 3. The SMILES string of the molecule is CC[C@H](C)[C@H](NC(=O)[C@H](CCC(=O)O)NC(=O)[C@H](CCCCN)NC(=O)[C@H](CO)NC(=O)[C@H](Cc1c[nH]c2ccccc12)NC(=O)[C@H](Cc1ccccc1)NC(=O)[C@@H](NC(=O)[C@H](CC(C)C)NC(=O)[C@@H](NC(=O)[C@@H](N)CCC(=O)O)[C@@H](C)CC)[C@@H](C)CC)C(=O)NCC(=O)N[C@@H](Cc1ccc(O)cc1)C(=O)N[C@@H](CO)C(=O)N[C@@H](Cc1ccccc1)C(=O)N[C@H](C(=O)O)[C@@H](C)O. The van der Waals surface area contributed by atoms with Crippen LogP contribution in [0.2, 0.25) is 0 Å². The number of carbonyl (C=O) groups excluding carboxylic acids is 14. The highest BCUT2D eigenvalue weighted by Gasteiger charge is 2.41. The van der Waals surface area contributed by atoms with E-state index in [4.69, 9.17) is 11.5 Å². The number of nitrogens with one attached hydrogen (secondary N) is 15. The number of aromatic nitrogens is 1.